The van der Waals surface area contributed by atoms with Crippen molar-refractivity contribution in [3.05, 3.63) is 0 Å². The molecule has 2 N–H and O–H groups in total. The first-order valence-corrected chi connectivity index (χ1v) is 10.4. The molecule has 1 fully saturated rings. The Morgan fingerprint density at radius 3 is 1.45 bits per heavy atom. The normalized spacial score (nSPS) is 21.0. The molecular weight excluding hydrogens is 553 g/mol. The average molecular weight is 589 g/mol. The number of carboxylic acid groups (broad SMARTS) is 2. The van der Waals surface area contributed by atoms with Gasteiger partial charge in [0.15, 0.2) is 0 Å². The zero-order valence-corrected chi connectivity index (χ0v) is 20.6. The van der Waals surface area contributed by atoms with E-state index >= 15 is 0 Å². The van der Waals surface area contributed by atoms with E-state index in [2.05, 4.69) is 4.90 Å². The summed E-state index contributed by atoms with van der Waals surface area (Å²) in [7, 11) is 0. The van der Waals surface area contributed by atoms with Gasteiger partial charge in [-0.15, -0.1) is 0 Å². The minimum atomic E-state index is -1.43. The van der Waals surface area contributed by atoms with Gasteiger partial charge in [0.2, 0.25) is 0 Å². The van der Waals surface area contributed by atoms with Crippen LogP contribution in [0.2, 0.25) is 0 Å². The summed E-state index contributed by atoms with van der Waals surface area (Å²) in [5.41, 5.74) is 0. The summed E-state index contributed by atoms with van der Waals surface area (Å²) in [5, 5.41) is 53.4. The molecule has 0 unspecified atom stereocenters. The van der Waals surface area contributed by atoms with Gasteiger partial charge in [0, 0.05) is 84.1 Å². The molecule has 1 aliphatic rings. The van der Waals surface area contributed by atoms with E-state index in [1.165, 1.54) is 0 Å². The van der Waals surface area contributed by atoms with Crippen LogP contribution in [-0.4, -0.2) is 139 Å². The number of aliphatic hydroxyl groups excluding tert-OH is 2. The first-order chi connectivity index (χ1) is 14.2. The topological polar surface area (TPSA) is 157 Å². The number of nitrogens with zero attached hydrogens (tertiary/aromatic N) is 4. The molecule has 0 aromatic heterocycles. The van der Waals surface area contributed by atoms with Gasteiger partial charge in [-0.2, -0.15) is 0 Å². The second kappa shape index (κ2) is 16.6. The fourth-order valence-electron chi connectivity index (χ4n) is 3.65. The van der Waals surface area contributed by atoms with Crippen molar-refractivity contribution in [2.45, 2.75) is 32.0 Å². The zero-order chi connectivity index (χ0) is 22.7. The van der Waals surface area contributed by atoms with Crippen molar-refractivity contribution in [1.82, 2.24) is 19.6 Å². The van der Waals surface area contributed by atoms with Gasteiger partial charge in [-0.25, -0.2) is 0 Å². The van der Waals surface area contributed by atoms with Crippen molar-refractivity contribution in [3.8, 4) is 0 Å². The molecule has 0 saturated carbocycles. The predicted octanol–water partition coefficient (Wildman–Crippen LogP) is -5.80. The van der Waals surface area contributed by atoms with Gasteiger partial charge in [-0.1, -0.05) is 6.10 Å². The molecule has 12 heteroatoms. The van der Waals surface area contributed by atoms with Crippen molar-refractivity contribution < 1.29 is 75.1 Å². The number of carboxylic acids is 2. The van der Waals surface area contributed by atoms with Crippen LogP contribution in [0.1, 0.15) is 13.8 Å². The molecule has 0 aliphatic carbocycles. The van der Waals surface area contributed by atoms with E-state index in [9.17, 15) is 35.1 Å². The van der Waals surface area contributed by atoms with Crippen molar-refractivity contribution in [1.29, 1.82) is 0 Å². The van der Waals surface area contributed by atoms with E-state index in [0.29, 0.717) is 39.3 Å². The third-order valence-electron chi connectivity index (χ3n) is 5.51. The van der Waals surface area contributed by atoms with E-state index in [0.717, 1.165) is 0 Å². The largest absolute Gasteiger partial charge is 3.00 e. The monoisotopic (exact) mass is 589 g/mol. The Morgan fingerprint density at radius 2 is 1.16 bits per heavy atom. The first kappa shape index (κ1) is 31.0. The SMILES string of the molecule is CC(C)N1CCN(CC(=O)[O-])CCN([C@@H](CO)[C@@H]([O-])CO)CCN(CC(=O)[O-])CC1.[Gd+3]. The first-order valence-electron chi connectivity index (χ1n) is 10.4. The second-order valence-electron chi connectivity index (χ2n) is 7.93. The number of aliphatic carboxylic acids is 2. The zero-order valence-electron chi connectivity index (χ0n) is 18.3. The van der Waals surface area contributed by atoms with Crippen LogP contribution in [0.15, 0.2) is 0 Å². The number of hydrogen-bond acceptors (Lipinski definition) is 11. The van der Waals surface area contributed by atoms with Gasteiger partial charge in [0.25, 0.3) is 0 Å². The van der Waals surface area contributed by atoms with Gasteiger partial charge in [-0.05, 0) is 13.8 Å². The molecule has 1 rings (SSSR count). The smallest absolute Gasteiger partial charge is 0.849 e. The summed E-state index contributed by atoms with van der Waals surface area (Å²) in [6.07, 6.45) is -1.43. The number of rotatable bonds is 9. The summed E-state index contributed by atoms with van der Waals surface area (Å²) >= 11 is 0. The summed E-state index contributed by atoms with van der Waals surface area (Å²) in [6, 6.07) is -0.664. The molecule has 1 radical (unpaired) electrons. The second-order valence-corrected chi connectivity index (χ2v) is 7.93. The van der Waals surface area contributed by atoms with Crippen LogP contribution in [-0.2, 0) is 9.59 Å². The fourth-order valence-corrected chi connectivity index (χ4v) is 3.65. The van der Waals surface area contributed by atoms with E-state index < -0.39 is 37.3 Å². The fraction of sp³-hybridized carbons (Fsp3) is 0.895. The summed E-state index contributed by atoms with van der Waals surface area (Å²) in [4.78, 5) is 29.6. The van der Waals surface area contributed by atoms with Gasteiger partial charge in [-0.3, -0.25) is 19.6 Å². The molecule has 0 spiro atoms. The molecule has 2 atom stereocenters. The molecule has 0 aromatic rings. The third-order valence-corrected chi connectivity index (χ3v) is 5.51. The van der Waals surface area contributed by atoms with Crippen molar-refractivity contribution in [2.75, 3.05) is 78.7 Å². The Hall–Kier alpha value is -0.0153. The Labute approximate surface area is 216 Å². The van der Waals surface area contributed by atoms with Crippen molar-refractivity contribution in [2.24, 2.45) is 0 Å². The number of carbonyl (C=O) groups excluding carboxylic acids is 2. The molecule has 0 aromatic carbocycles. The van der Waals surface area contributed by atoms with Crippen LogP contribution in [0.3, 0.4) is 0 Å². The third kappa shape index (κ3) is 12.1. The Kier molecular flexibility index (Phi) is 16.6. The quantitative estimate of drug-likeness (QED) is 0.265. The maximum Gasteiger partial charge on any atom is 3.00 e. The van der Waals surface area contributed by atoms with Gasteiger partial charge < -0.3 is 35.1 Å². The summed E-state index contributed by atoms with van der Waals surface area (Å²) < 4.78 is 0. The van der Waals surface area contributed by atoms with Crippen LogP contribution >= 0.6 is 0 Å². The van der Waals surface area contributed by atoms with Crippen LogP contribution in [0, 0.1) is 39.9 Å². The summed E-state index contributed by atoms with van der Waals surface area (Å²) in [5.74, 6) is -2.39. The average Bonchev–Trinajstić information content (AvgIpc) is 2.66. The Balaban J connectivity index is 0.00000900. The molecule has 11 nitrogen and oxygen atoms in total. The minimum Gasteiger partial charge on any atom is -0.849 e. The van der Waals surface area contributed by atoms with E-state index in [4.69, 9.17) is 0 Å². The number of hydrogen-bond donors (Lipinski definition) is 2. The van der Waals surface area contributed by atoms with Crippen LogP contribution in [0.25, 0.3) is 0 Å². The minimum absolute atomic E-state index is 0. The number of carbonyl (C=O) groups is 2. The summed E-state index contributed by atoms with van der Waals surface area (Å²) in [6.45, 7) is 5.79. The molecular formula is C19H35GdN4O7. The molecule has 0 bridgehead atoms. The van der Waals surface area contributed by atoms with Crippen LogP contribution < -0.4 is 15.3 Å². The maximum atomic E-state index is 12.1. The molecule has 0 amide bonds. The molecule has 1 aliphatic heterocycles. The van der Waals surface area contributed by atoms with E-state index in [1.54, 1.807) is 14.7 Å². The van der Waals surface area contributed by atoms with Crippen LogP contribution in [0.5, 0.6) is 0 Å². The molecule has 181 valence electrons. The van der Waals surface area contributed by atoms with Gasteiger partial charge in [0.1, 0.15) is 0 Å². The van der Waals surface area contributed by atoms with E-state index in [1.807, 2.05) is 13.8 Å². The van der Waals surface area contributed by atoms with Crippen molar-refractivity contribution >= 4 is 11.9 Å². The molecule has 1 saturated heterocycles. The maximum absolute atomic E-state index is 12.1. The number of aliphatic hydroxyl groups is 2. The van der Waals surface area contributed by atoms with Gasteiger partial charge in [0.05, 0.1) is 18.5 Å². The van der Waals surface area contributed by atoms with E-state index in [-0.39, 0.29) is 72.2 Å². The van der Waals surface area contributed by atoms with Gasteiger partial charge >= 0.3 is 39.9 Å². The van der Waals surface area contributed by atoms with Crippen LogP contribution in [0.4, 0.5) is 0 Å². The Morgan fingerprint density at radius 1 is 0.774 bits per heavy atom. The van der Waals surface area contributed by atoms with Crippen molar-refractivity contribution in [3.63, 3.8) is 0 Å². The molecule has 1 heterocycles. The Bertz CT molecular complexity index is 497. The predicted molar refractivity (Wildman–Crippen MR) is 103 cm³/mol. The standard InChI is InChI=1S/C19H37N4O7.Gd/c1-15(2)22-7-3-20(11-18(27)28)5-9-23(16(13-24)17(26)14-25)10-6-21(4-8-22)12-19(29)30;/h15-17,24-25H,3-14H2,1-2H3,(H,27,28)(H,29,30);/q-1;+3/p-2/t16-,17-;/m0./s1. The molecule has 31 heavy (non-hydrogen) atoms.